The molecule has 4 rings (SSSR count). The first-order valence-electron chi connectivity index (χ1n) is 10.9. The fourth-order valence-corrected chi connectivity index (χ4v) is 6.63. The number of carbonyl (C=O) groups is 2. The third-order valence-corrected chi connectivity index (χ3v) is 8.77. The lowest BCUT2D eigenvalue weighted by Gasteiger charge is -2.13. The van der Waals surface area contributed by atoms with E-state index in [1.807, 2.05) is 19.9 Å². The molecule has 0 fully saturated rings. The highest BCUT2D eigenvalue weighted by Gasteiger charge is 2.28. The molecule has 0 saturated heterocycles. The Hall–Kier alpha value is -3.17. The van der Waals surface area contributed by atoms with Crippen LogP contribution in [0.25, 0.3) is 0 Å². The summed E-state index contributed by atoms with van der Waals surface area (Å²) >= 11 is 1.37. The zero-order chi connectivity index (χ0) is 24.6. The number of anilines is 2. The first-order chi connectivity index (χ1) is 16.1. The van der Waals surface area contributed by atoms with Gasteiger partial charge in [-0.3, -0.25) is 9.52 Å². The van der Waals surface area contributed by atoms with Crippen LogP contribution in [0.15, 0.2) is 41.3 Å². The smallest absolute Gasteiger partial charge is 0.341 e. The van der Waals surface area contributed by atoms with Crippen molar-refractivity contribution in [2.75, 3.05) is 17.1 Å². The number of fused-ring (bicyclic) bond motifs is 1. The van der Waals surface area contributed by atoms with Gasteiger partial charge in [0.05, 0.1) is 17.6 Å². The van der Waals surface area contributed by atoms with Gasteiger partial charge in [-0.05, 0) is 86.6 Å². The van der Waals surface area contributed by atoms with Crippen molar-refractivity contribution >= 4 is 43.9 Å². The van der Waals surface area contributed by atoms with E-state index >= 15 is 0 Å². The Labute approximate surface area is 203 Å². The Morgan fingerprint density at radius 2 is 1.71 bits per heavy atom. The predicted octanol–water partition coefficient (Wildman–Crippen LogP) is 5.00. The zero-order valence-electron chi connectivity index (χ0n) is 19.4. The fraction of sp³-hybridized carbons (Fsp3) is 0.280. The molecule has 7 nitrogen and oxygen atoms in total. The standard InChI is InChI=1S/C25H26N2O5S2/c1-14-9-11-18(12-16(14)3)27-34(30,31)21-13-17(10-8-15(21)2)23(28)26-24-22(25(29)32-4)19-6-5-7-20(19)33-24/h8-13,27H,5-7H2,1-4H3,(H,26,28). The van der Waals surface area contributed by atoms with Gasteiger partial charge in [0, 0.05) is 16.1 Å². The highest BCUT2D eigenvalue weighted by atomic mass is 32.2. The van der Waals surface area contributed by atoms with Gasteiger partial charge < -0.3 is 10.1 Å². The van der Waals surface area contributed by atoms with Crippen LogP contribution in [0, 0.1) is 20.8 Å². The van der Waals surface area contributed by atoms with E-state index in [4.69, 9.17) is 4.74 Å². The van der Waals surface area contributed by atoms with Gasteiger partial charge in [-0.25, -0.2) is 13.2 Å². The van der Waals surface area contributed by atoms with Crippen LogP contribution in [0.5, 0.6) is 0 Å². The first kappa shape index (κ1) is 24.0. The van der Waals surface area contributed by atoms with Gasteiger partial charge in [-0.15, -0.1) is 11.3 Å². The predicted molar refractivity (Wildman–Crippen MR) is 134 cm³/mol. The quantitative estimate of drug-likeness (QED) is 0.466. The van der Waals surface area contributed by atoms with Crippen LogP contribution in [0.2, 0.25) is 0 Å². The van der Waals surface area contributed by atoms with E-state index in [1.165, 1.54) is 24.5 Å². The number of benzene rings is 2. The van der Waals surface area contributed by atoms with E-state index in [9.17, 15) is 18.0 Å². The topological polar surface area (TPSA) is 102 Å². The number of rotatable bonds is 6. The summed E-state index contributed by atoms with van der Waals surface area (Å²) in [6.45, 7) is 5.54. The largest absolute Gasteiger partial charge is 0.465 e. The van der Waals surface area contributed by atoms with Crippen LogP contribution in [0.3, 0.4) is 0 Å². The number of ether oxygens (including phenoxy) is 1. The molecular formula is C25H26N2O5S2. The Bertz CT molecular complexity index is 1410. The molecule has 9 heteroatoms. The molecule has 1 heterocycles. The molecule has 1 aromatic heterocycles. The molecule has 1 aliphatic rings. The van der Waals surface area contributed by atoms with Gasteiger partial charge in [0.2, 0.25) is 0 Å². The average Bonchev–Trinajstić information content (AvgIpc) is 3.36. The minimum atomic E-state index is -3.93. The van der Waals surface area contributed by atoms with Crippen molar-refractivity contribution in [2.45, 2.75) is 44.9 Å². The molecule has 0 spiro atoms. The Balaban J connectivity index is 1.63. The number of aryl methyl sites for hydroxylation is 4. The minimum Gasteiger partial charge on any atom is -0.465 e. The number of carbonyl (C=O) groups excluding carboxylic acids is 2. The number of nitrogens with one attached hydrogen (secondary N) is 2. The van der Waals surface area contributed by atoms with Crippen LogP contribution in [-0.4, -0.2) is 27.4 Å². The number of amides is 1. The first-order valence-corrected chi connectivity index (χ1v) is 13.2. The summed E-state index contributed by atoms with van der Waals surface area (Å²) in [5.74, 6) is -0.979. The molecule has 1 amide bonds. The van der Waals surface area contributed by atoms with Gasteiger partial charge in [-0.1, -0.05) is 12.1 Å². The van der Waals surface area contributed by atoms with Crippen LogP contribution in [0.1, 0.15) is 54.3 Å². The Kier molecular flexibility index (Phi) is 6.51. The second-order valence-electron chi connectivity index (χ2n) is 8.39. The summed E-state index contributed by atoms with van der Waals surface area (Å²) in [4.78, 5) is 26.5. The van der Waals surface area contributed by atoms with E-state index in [0.29, 0.717) is 21.8 Å². The molecule has 0 radical (unpaired) electrons. The number of sulfonamides is 1. The number of methoxy groups -OCH3 is 1. The molecule has 0 bridgehead atoms. The highest BCUT2D eigenvalue weighted by molar-refractivity contribution is 7.92. The summed E-state index contributed by atoms with van der Waals surface area (Å²) in [5.41, 5.74) is 4.49. The van der Waals surface area contributed by atoms with Gasteiger partial charge >= 0.3 is 5.97 Å². The second-order valence-corrected chi connectivity index (χ2v) is 11.1. The molecule has 1 aliphatic carbocycles. The summed E-state index contributed by atoms with van der Waals surface area (Å²) in [7, 11) is -2.61. The highest BCUT2D eigenvalue weighted by Crippen LogP contribution is 2.39. The number of esters is 1. The molecule has 178 valence electrons. The maximum Gasteiger partial charge on any atom is 0.341 e. The number of hydrogen-bond donors (Lipinski definition) is 2. The molecule has 2 aromatic carbocycles. The van der Waals surface area contributed by atoms with Crippen molar-refractivity contribution in [1.82, 2.24) is 0 Å². The van der Waals surface area contributed by atoms with Crippen molar-refractivity contribution in [3.63, 3.8) is 0 Å². The molecule has 0 atom stereocenters. The van der Waals surface area contributed by atoms with Gasteiger partial charge in [-0.2, -0.15) is 0 Å². The van der Waals surface area contributed by atoms with Crippen molar-refractivity contribution in [3.05, 3.63) is 74.7 Å². The normalized spacial score (nSPS) is 12.8. The number of thiophene rings is 1. The average molecular weight is 499 g/mol. The molecule has 2 N–H and O–H groups in total. The van der Waals surface area contributed by atoms with E-state index in [-0.39, 0.29) is 10.5 Å². The monoisotopic (exact) mass is 498 g/mol. The zero-order valence-corrected chi connectivity index (χ0v) is 21.1. The van der Waals surface area contributed by atoms with Gasteiger partial charge in [0.25, 0.3) is 15.9 Å². The molecule has 3 aromatic rings. The van der Waals surface area contributed by atoms with E-state index in [1.54, 1.807) is 31.2 Å². The third kappa shape index (κ3) is 4.58. The van der Waals surface area contributed by atoms with Crippen molar-refractivity contribution < 1.29 is 22.7 Å². The van der Waals surface area contributed by atoms with Gasteiger partial charge in [0.15, 0.2) is 0 Å². The van der Waals surface area contributed by atoms with Crippen LogP contribution in [-0.2, 0) is 27.6 Å². The lowest BCUT2D eigenvalue weighted by Crippen LogP contribution is -2.18. The summed E-state index contributed by atoms with van der Waals surface area (Å²) < 4.78 is 33.8. The maximum absolute atomic E-state index is 13.1. The van der Waals surface area contributed by atoms with E-state index in [2.05, 4.69) is 10.0 Å². The summed E-state index contributed by atoms with van der Waals surface area (Å²) in [6, 6.07) is 9.84. The van der Waals surface area contributed by atoms with Crippen molar-refractivity contribution in [2.24, 2.45) is 0 Å². The van der Waals surface area contributed by atoms with Crippen LogP contribution in [0.4, 0.5) is 10.7 Å². The van der Waals surface area contributed by atoms with E-state index < -0.39 is 21.9 Å². The SMILES string of the molecule is COC(=O)c1c(NC(=O)c2ccc(C)c(S(=O)(=O)Nc3ccc(C)c(C)c3)c2)sc2c1CCC2. The van der Waals surface area contributed by atoms with Crippen LogP contribution >= 0.6 is 11.3 Å². The van der Waals surface area contributed by atoms with E-state index in [0.717, 1.165) is 40.8 Å². The molecule has 0 unspecified atom stereocenters. The Morgan fingerprint density at radius 1 is 0.971 bits per heavy atom. The number of hydrogen-bond acceptors (Lipinski definition) is 6. The lowest BCUT2D eigenvalue weighted by molar-refractivity contribution is 0.0601. The van der Waals surface area contributed by atoms with Crippen molar-refractivity contribution in [3.8, 4) is 0 Å². The van der Waals surface area contributed by atoms with Gasteiger partial charge in [0.1, 0.15) is 5.00 Å². The van der Waals surface area contributed by atoms with Crippen molar-refractivity contribution in [1.29, 1.82) is 0 Å². The molecule has 34 heavy (non-hydrogen) atoms. The summed E-state index contributed by atoms with van der Waals surface area (Å²) in [5, 5.41) is 3.23. The maximum atomic E-state index is 13.1. The van der Waals surface area contributed by atoms with Crippen LogP contribution < -0.4 is 10.0 Å². The molecule has 0 saturated carbocycles. The lowest BCUT2D eigenvalue weighted by atomic mass is 10.1. The fourth-order valence-electron chi connectivity index (χ4n) is 4.03. The second kappa shape index (κ2) is 9.23. The Morgan fingerprint density at radius 3 is 2.41 bits per heavy atom. The molecule has 0 aliphatic heterocycles. The third-order valence-electron chi connectivity index (χ3n) is 6.04. The summed E-state index contributed by atoms with van der Waals surface area (Å²) in [6.07, 6.45) is 2.59. The minimum absolute atomic E-state index is 0.0141. The molecular weight excluding hydrogens is 472 g/mol.